The average molecular weight is 493 g/mol. The van der Waals surface area contributed by atoms with Crippen LogP contribution in [-0.4, -0.2) is 81.7 Å². The Morgan fingerprint density at radius 2 is 1.74 bits per heavy atom. The van der Waals surface area contributed by atoms with Gasteiger partial charge < -0.3 is 49.6 Å². The van der Waals surface area contributed by atoms with Crippen LogP contribution in [0.15, 0.2) is 30.3 Å². The van der Waals surface area contributed by atoms with Crippen molar-refractivity contribution in [1.29, 1.82) is 0 Å². The van der Waals surface area contributed by atoms with E-state index in [1.165, 1.54) is 7.11 Å². The lowest BCUT2D eigenvalue weighted by molar-refractivity contribution is -0.268. The van der Waals surface area contributed by atoms with Gasteiger partial charge in [0.1, 0.15) is 24.4 Å². The Balaban J connectivity index is 1.58. The van der Waals surface area contributed by atoms with Crippen LogP contribution in [0.4, 0.5) is 0 Å². The molecule has 0 aliphatic carbocycles. The van der Waals surface area contributed by atoms with Gasteiger partial charge in [0.15, 0.2) is 23.0 Å². The van der Waals surface area contributed by atoms with Gasteiger partial charge in [0.2, 0.25) is 6.29 Å². The van der Waals surface area contributed by atoms with Gasteiger partial charge in [-0.15, -0.1) is 0 Å². The fraction of sp³-hybridized carbons (Fsp3) is 0.520. The molecule has 4 rings (SSSR count). The molecule has 2 aliphatic rings. The molecular weight excluding hydrogens is 460 g/mol. The number of hydrogen-bond acceptors (Lipinski definition) is 10. The first-order chi connectivity index (χ1) is 16.8. The third-order valence-corrected chi connectivity index (χ3v) is 6.56. The van der Waals surface area contributed by atoms with Gasteiger partial charge in [-0.3, -0.25) is 0 Å². The van der Waals surface area contributed by atoms with Crippen molar-refractivity contribution in [3.8, 4) is 23.0 Å². The number of aryl methyl sites for hydroxylation is 1. The summed E-state index contributed by atoms with van der Waals surface area (Å²) < 4.78 is 22.8. The lowest BCUT2D eigenvalue weighted by atomic mass is 9.90. The molecule has 2 heterocycles. The molecule has 0 saturated carbocycles. The Bertz CT molecular complexity index is 1030. The summed E-state index contributed by atoms with van der Waals surface area (Å²) in [5.41, 5.74) is 2.19. The van der Waals surface area contributed by atoms with Crippen molar-refractivity contribution in [2.45, 2.75) is 62.5 Å². The summed E-state index contributed by atoms with van der Waals surface area (Å²) in [5, 5.41) is 60.0. The van der Waals surface area contributed by atoms with Gasteiger partial charge in [0.25, 0.3) is 0 Å². The van der Waals surface area contributed by atoms with E-state index >= 15 is 0 Å². The second-order valence-corrected chi connectivity index (χ2v) is 8.90. The molecule has 10 nitrogen and oxygen atoms in total. The number of aliphatic hydroxyl groups is 5. The van der Waals surface area contributed by atoms with E-state index in [-0.39, 0.29) is 24.7 Å². The zero-order valence-electron chi connectivity index (χ0n) is 19.6. The van der Waals surface area contributed by atoms with Crippen molar-refractivity contribution >= 4 is 0 Å². The van der Waals surface area contributed by atoms with Crippen LogP contribution < -0.4 is 14.2 Å². The Morgan fingerprint density at radius 3 is 2.43 bits per heavy atom. The fourth-order valence-corrected chi connectivity index (χ4v) is 4.59. The van der Waals surface area contributed by atoms with Crippen molar-refractivity contribution in [3.63, 3.8) is 0 Å². The maximum absolute atomic E-state index is 10.5. The average Bonchev–Trinajstić information content (AvgIpc) is 3.24. The third kappa shape index (κ3) is 4.90. The Kier molecular flexibility index (Phi) is 7.70. The minimum absolute atomic E-state index is 0.0263. The van der Waals surface area contributed by atoms with Crippen LogP contribution >= 0.6 is 0 Å². The highest BCUT2D eigenvalue weighted by Gasteiger charge is 2.43. The number of rotatable bonds is 8. The van der Waals surface area contributed by atoms with Crippen LogP contribution in [0, 0.1) is 0 Å². The van der Waals surface area contributed by atoms with Gasteiger partial charge in [-0.2, -0.15) is 0 Å². The maximum Gasteiger partial charge on any atom is 0.229 e. The Morgan fingerprint density at radius 1 is 0.971 bits per heavy atom. The van der Waals surface area contributed by atoms with Crippen LogP contribution in [0.5, 0.6) is 23.0 Å². The highest BCUT2D eigenvalue weighted by molar-refractivity contribution is 5.55. The second-order valence-electron chi connectivity index (χ2n) is 8.90. The fourth-order valence-electron chi connectivity index (χ4n) is 4.59. The molecule has 2 aromatic carbocycles. The highest BCUT2D eigenvalue weighted by atomic mass is 16.7. The summed E-state index contributed by atoms with van der Waals surface area (Å²) in [7, 11) is 1.44. The van der Waals surface area contributed by atoms with E-state index in [1.807, 2.05) is 6.07 Å². The largest absolute Gasteiger partial charge is 0.504 e. The van der Waals surface area contributed by atoms with E-state index in [2.05, 4.69) is 0 Å². The summed E-state index contributed by atoms with van der Waals surface area (Å²) in [6.45, 7) is 1.38. The van der Waals surface area contributed by atoms with E-state index in [0.29, 0.717) is 35.5 Å². The molecule has 192 valence electrons. The molecule has 0 bridgehead atoms. The molecule has 6 N–H and O–H groups in total. The molecule has 0 amide bonds. The van der Waals surface area contributed by atoms with Crippen molar-refractivity contribution in [2.75, 3.05) is 20.3 Å². The predicted molar refractivity (Wildman–Crippen MR) is 123 cm³/mol. The summed E-state index contributed by atoms with van der Waals surface area (Å²) in [6, 6.07) is 8.46. The van der Waals surface area contributed by atoms with Crippen molar-refractivity contribution in [3.05, 3.63) is 47.0 Å². The Hall–Kier alpha value is -2.60. The minimum atomic E-state index is -1.47. The van der Waals surface area contributed by atoms with E-state index < -0.39 is 42.7 Å². The smallest absolute Gasteiger partial charge is 0.229 e. The van der Waals surface area contributed by atoms with Crippen LogP contribution in [0.1, 0.15) is 42.1 Å². The number of fused-ring (bicyclic) bond motifs is 1. The van der Waals surface area contributed by atoms with Crippen molar-refractivity contribution in [2.24, 2.45) is 0 Å². The van der Waals surface area contributed by atoms with Crippen molar-refractivity contribution < 1.29 is 49.6 Å². The quantitative estimate of drug-likeness (QED) is 0.310. The summed E-state index contributed by atoms with van der Waals surface area (Å²) in [6.07, 6.45) is -5.60. The number of benzene rings is 2. The lowest BCUT2D eigenvalue weighted by Crippen LogP contribution is -2.58. The monoisotopic (exact) mass is 492 g/mol. The van der Waals surface area contributed by atoms with Crippen LogP contribution in [0.25, 0.3) is 0 Å². The van der Waals surface area contributed by atoms with Crippen LogP contribution in [0.3, 0.4) is 0 Å². The molecular formula is C25H32O10. The zero-order chi connectivity index (χ0) is 25.3. The van der Waals surface area contributed by atoms with Gasteiger partial charge in [0.05, 0.1) is 25.7 Å². The van der Waals surface area contributed by atoms with Gasteiger partial charge >= 0.3 is 0 Å². The van der Waals surface area contributed by atoms with Gasteiger partial charge in [-0.25, -0.2) is 0 Å². The number of aromatic hydroxyl groups is 1. The molecule has 35 heavy (non-hydrogen) atoms. The zero-order valence-corrected chi connectivity index (χ0v) is 19.6. The summed E-state index contributed by atoms with van der Waals surface area (Å²) in [5.74, 6) is 0.377. The minimum Gasteiger partial charge on any atom is -0.504 e. The topological polar surface area (TPSA) is 158 Å². The van der Waals surface area contributed by atoms with E-state index in [1.54, 1.807) is 31.2 Å². The number of phenolic OH excluding ortho intramolecular Hbond substituents is 1. The molecule has 2 aliphatic heterocycles. The van der Waals surface area contributed by atoms with Gasteiger partial charge in [-0.05, 0) is 49.1 Å². The van der Waals surface area contributed by atoms with Gasteiger partial charge in [-0.1, -0.05) is 12.1 Å². The third-order valence-electron chi connectivity index (χ3n) is 6.56. The van der Waals surface area contributed by atoms with E-state index in [0.717, 1.165) is 5.56 Å². The molecule has 0 spiro atoms. The Labute approximate surface area is 202 Å². The number of phenols is 1. The standard InChI is InChI=1S/C25H32O10/c1-12-20(29)21(30)22(31)25(33-12)34-18-6-5-14(10-19(18)32-2)23-16(11-27)15-8-13(4-3-7-26)9-17(28)24(15)35-23/h5-6,8-10,12,16,20-23,25-31H,3-4,7,11H2,1-2H3/t12-,16+,20+,21-,22-,23-,25+/m0/s1. The molecule has 10 heteroatoms. The SMILES string of the molecule is COc1cc([C@@H]2Oc3c(O)cc(CCCO)cc3[C@H]2CO)ccc1O[C@H]1O[C@@H](C)[C@@H](O)[C@H](O)[C@@H]1O. The first-order valence-corrected chi connectivity index (χ1v) is 11.6. The number of aliphatic hydroxyl groups excluding tert-OH is 5. The predicted octanol–water partition coefficient (Wildman–Crippen LogP) is 0.742. The highest BCUT2D eigenvalue weighted by Crippen LogP contribution is 2.51. The normalized spacial score (nSPS) is 30.0. The number of methoxy groups -OCH3 is 1. The molecule has 0 radical (unpaired) electrons. The molecule has 7 atom stereocenters. The van der Waals surface area contributed by atoms with Crippen LogP contribution in [-0.2, 0) is 11.2 Å². The molecule has 1 saturated heterocycles. The summed E-state index contributed by atoms with van der Waals surface area (Å²) >= 11 is 0. The first-order valence-electron chi connectivity index (χ1n) is 11.6. The van der Waals surface area contributed by atoms with E-state index in [4.69, 9.17) is 24.1 Å². The van der Waals surface area contributed by atoms with Crippen molar-refractivity contribution in [1.82, 2.24) is 0 Å². The molecule has 1 fully saturated rings. The first kappa shape index (κ1) is 25.5. The number of hydrogen-bond donors (Lipinski definition) is 6. The second kappa shape index (κ2) is 10.6. The number of ether oxygens (including phenoxy) is 4. The van der Waals surface area contributed by atoms with Crippen LogP contribution in [0.2, 0.25) is 0 Å². The van der Waals surface area contributed by atoms with E-state index in [9.17, 15) is 25.5 Å². The molecule has 0 aromatic heterocycles. The van der Waals surface area contributed by atoms with Gasteiger partial charge in [0, 0.05) is 12.2 Å². The molecule has 0 unspecified atom stereocenters. The lowest BCUT2D eigenvalue weighted by Gasteiger charge is -2.39. The summed E-state index contributed by atoms with van der Waals surface area (Å²) in [4.78, 5) is 0. The maximum atomic E-state index is 10.5. The molecule has 2 aromatic rings.